The first-order valence-electron chi connectivity index (χ1n) is 4.06. The molecule has 10 heavy (non-hydrogen) atoms. The lowest BCUT2D eigenvalue weighted by molar-refractivity contribution is 0.0486. The van der Waals surface area contributed by atoms with Crippen LogP contribution in [0.15, 0.2) is 0 Å². The third-order valence-electron chi connectivity index (χ3n) is 2.98. The zero-order chi connectivity index (χ0) is 8.36. The van der Waals surface area contributed by atoms with Crippen LogP contribution in [-0.2, 0) is 0 Å². The van der Waals surface area contributed by atoms with Crippen LogP contribution in [0.5, 0.6) is 0 Å². The number of aliphatic hydroxyl groups is 1. The van der Waals surface area contributed by atoms with Crippen LogP contribution in [0.25, 0.3) is 0 Å². The second-order valence-corrected chi connectivity index (χ2v) is 3.97. The van der Waals surface area contributed by atoms with E-state index in [9.17, 15) is 0 Å². The van der Waals surface area contributed by atoms with E-state index in [-0.39, 0.29) is 5.41 Å². The van der Waals surface area contributed by atoms with Gasteiger partial charge in [-0.05, 0) is 17.3 Å². The van der Waals surface area contributed by atoms with Crippen molar-refractivity contribution in [1.29, 1.82) is 0 Å². The van der Waals surface area contributed by atoms with Crippen molar-refractivity contribution in [3.05, 3.63) is 0 Å². The Bertz CT molecular complexity index is 86.9. The van der Waals surface area contributed by atoms with Crippen molar-refractivity contribution >= 4 is 0 Å². The van der Waals surface area contributed by atoms with Crippen LogP contribution in [0.2, 0.25) is 0 Å². The molecule has 62 valence electrons. The molecule has 0 unspecified atom stereocenters. The van der Waals surface area contributed by atoms with Gasteiger partial charge in [0.2, 0.25) is 0 Å². The fraction of sp³-hybridized carbons (Fsp3) is 1.00. The third kappa shape index (κ3) is 1.72. The minimum Gasteiger partial charge on any atom is -0.396 e. The maximum Gasteiger partial charge on any atom is 0.0489 e. The molecule has 1 N–H and O–H groups in total. The first-order valence-corrected chi connectivity index (χ1v) is 4.06. The molecule has 0 aliphatic heterocycles. The van der Waals surface area contributed by atoms with E-state index in [0.29, 0.717) is 18.4 Å². The van der Waals surface area contributed by atoms with Gasteiger partial charge in [-0.3, -0.25) is 0 Å². The van der Waals surface area contributed by atoms with Crippen LogP contribution in [0.4, 0.5) is 0 Å². The van der Waals surface area contributed by atoms with E-state index in [0.717, 1.165) is 0 Å². The lowest BCUT2D eigenvalue weighted by Crippen LogP contribution is -2.33. The highest BCUT2D eigenvalue weighted by Gasteiger charge is 2.30. The molecule has 0 aromatic heterocycles. The maximum atomic E-state index is 9.13. The van der Waals surface area contributed by atoms with Gasteiger partial charge in [0.15, 0.2) is 0 Å². The molecule has 0 saturated heterocycles. The topological polar surface area (TPSA) is 20.2 Å². The second kappa shape index (κ2) is 3.38. The van der Waals surface area contributed by atoms with Crippen LogP contribution in [0, 0.1) is 17.3 Å². The number of hydrogen-bond donors (Lipinski definition) is 1. The van der Waals surface area contributed by atoms with Crippen LogP contribution < -0.4 is 0 Å². The van der Waals surface area contributed by atoms with Crippen molar-refractivity contribution in [3.8, 4) is 0 Å². The molecule has 0 atom stereocenters. The molecule has 1 nitrogen and oxygen atoms in total. The molecular weight excluding hydrogens is 124 g/mol. The predicted molar refractivity (Wildman–Crippen MR) is 44.9 cm³/mol. The molecule has 0 rings (SSSR count). The van der Waals surface area contributed by atoms with Crippen LogP contribution in [-0.4, -0.2) is 11.7 Å². The van der Waals surface area contributed by atoms with Gasteiger partial charge in [0.1, 0.15) is 0 Å². The van der Waals surface area contributed by atoms with Gasteiger partial charge >= 0.3 is 0 Å². The summed E-state index contributed by atoms with van der Waals surface area (Å²) in [5.74, 6) is 1.11. The molecule has 0 aromatic carbocycles. The van der Waals surface area contributed by atoms with Crippen molar-refractivity contribution in [2.45, 2.75) is 34.6 Å². The average Bonchev–Trinajstić information content (AvgIpc) is 1.85. The van der Waals surface area contributed by atoms with Gasteiger partial charge in [0, 0.05) is 6.61 Å². The highest BCUT2D eigenvalue weighted by atomic mass is 16.3. The third-order valence-corrected chi connectivity index (χ3v) is 2.98. The maximum absolute atomic E-state index is 9.13. The summed E-state index contributed by atoms with van der Waals surface area (Å²) in [6, 6.07) is 0. The summed E-state index contributed by atoms with van der Waals surface area (Å²) in [6.07, 6.45) is 0. The molecule has 0 radical (unpaired) electrons. The minimum absolute atomic E-state index is 0.0972. The van der Waals surface area contributed by atoms with E-state index in [1.54, 1.807) is 0 Å². The number of hydrogen-bond acceptors (Lipinski definition) is 1. The Labute approximate surface area is 64.5 Å². The summed E-state index contributed by atoms with van der Waals surface area (Å²) >= 11 is 0. The molecular formula is C9H20O. The Morgan fingerprint density at radius 1 is 1.10 bits per heavy atom. The molecule has 0 fully saturated rings. The fourth-order valence-electron chi connectivity index (χ4n) is 1.03. The van der Waals surface area contributed by atoms with Gasteiger partial charge in [-0.15, -0.1) is 0 Å². The minimum atomic E-state index is 0.0972. The zero-order valence-corrected chi connectivity index (χ0v) is 7.81. The monoisotopic (exact) mass is 144 g/mol. The van der Waals surface area contributed by atoms with Crippen LogP contribution in [0.3, 0.4) is 0 Å². The zero-order valence-electron chi connectivity index (χ0n) is 7.81. The quantitative estimate of drug-likeness (QED) is 0.644. The first kappa shape index (κ1) is 9.96. The fourth-order valence-corrected chi connectivity index (χ4v) is 1.03. The van der Waals surface area contributed by atoms with Crippen molar-refractivity contribution in [3.63, 3.8) is 0 Å². The normalized spacial score (nSPS) is 13.2. The molecule has 0 saturated carbocycles. The summed E-state index contributed by atoms with van der Waals surface area (Å²) in [5.41, 5.74) is 0.0972. The summed E-state index contributed by atoms with van der Waals surface area (Å²) < 4.78 is 0. The second-order valence-electron chi connectivity index (χ2n) is 3.97. The van der Waals surface area contributed by atoms with Gasteiger partial charge in [-0.25, -0.2) is 0 Å². The number of rotatable bonds is 3. The van der Waals surface area contributed by atoms with E-state index >= 15 is 0 Å². The molecule has 0 spiro atoms. The van der Waals surface area contributed by atoms with Crippen LogP contribution >= 0.6 is 0 Å². The average molecular weight is 144 g/mol. The van der Waals surface area contributed by atoms with Gasteiger partial charge in [-0.2, -0.15) is 0 Å². The molecule has 0 bridgehead atoms. The van der Waals surface area contributed by atoms with Gasteiger partial charge in [0.05, 0.1) is 0 Å². The summed E-state index contributed by atoms with van der Waals surface area (Å²) in [4.78, 5) is 0. The smallest absolute Gasteiger partial charge is 0.0489 e. The van der Waals surface area contributed by atoms with E-state index in [2.05, 4.69) is 34.6 Å². The van der Waals surface area contributed by atoms with Gasteiger partial charge in [0.25, 0.3) is 0 Å². The van der Waals surface area contributed by atoms with Gasteiger partial charge < -0.3 is 5.11 Å². The van der Waals surface area contributed by atoms with Crippen molar-refractivity contribution in [2.75, 3.05) is 6.61 Å². The predicted octanol–water partition coefficient (Wildman–Crippen LogP) is 2.30. The van der Waals surface area contributed by atoms with Crippen LogP contribution in [0.1, 0.15) is 34.6 Å². The Morgan fingerprint density at radius 2 is 1.40 bits per heavy atom. The summed E-state index contributed by atoms with van der Waals surface area (Å²) in [5, 5.41) is 9.13. The molecule has 0 aromatic rings. The Kier molecular flexibility index (Phi) is 3.37. The molecule has 0 amide bonds. The lowest BCUT2D eigenvalue weighted by atomic mass is 9.71. The van der Waals surface area contributed by atoms with Crippen molar-refractivity contribution in [1.82, 2.24) is 0 Å². The Balaban J connectivity index is 4.23. The molecule has 0 aliphatic rings. The van der Waals surface area contributed by atoms with E-state index in [1.807, 2.05) is 0 Å². The number of aliphatic hydroxyl groups excluding tert-OH is 1. The summed E-state index contributed by atoms with van der Waals surface area (Å²) in [6.45, 7) is 11.1. The summed E-state index contributed by atoms with van der Waals surface area (Å²) in [7, 11) is 0. The van der Waals surface area contributed by atoms with E-state index in [4.69, 9.17) is 5.11 Å². The SMILES string of the molecule is CC(C)C(C)(CO)C(C)C. The van der Waals surface area contributed by atoms with Crippen molar-refractivity contribution < 1.29 is 5.11 Å². The molecule has 0 aliphatic carbocycles. The van der Waals surface area contributed by atoms with E-state index in [1.165, 1.54) is 0 Å². The van der Waals surface area contributed by atoms with Gasteiger partial charge in [-0.1, -0.05) is 34.6 Å². The largest absolute Gasteiger partial charge is 0.396 e. The highest BCUT2D eigenvalue weighted by Crippen LogP contribution is 2.34. The lowest BCUT2D eigenvalue weighted by Gasteiger charge is -2.35. The molecule has 1 heteroatoms. The van der Waals surface area contributed by atoms with E-state index < -0.39 is 0 Å². The van der Waals surface area contributed by atoms with Crippen molar-refractivity contribution in [2.24, 2.45) is 17.3 Å². The Hall–Kier alpha value is -0.0400. The highest BCUT2D eigenvalue weighted by molar-refractivity contribution is 4.79. The standard InChI is InChI=1S/C9H20O/c1-7(2)9(5,6-10)8(3)4/h7-8,10H,6H2,1-5H3. The Morgan fingerprint density at radius 3 is 1.40 bits per heavy atom. The molecule has 0 heterocycles. The first-order chi connectivity index (χ1) is 4.45.